The van der Waals surface area contributed by atoms with E-state index in [1.165, 1.54) is 5.56 Å². The highest BCUT2D eigenvalue weighted by atomic mass is 79.9. The zero-order valence-electron chi connectivity index (χ0n) is 6.59. The van der Waals surface area contributed by atoms with Crippen molar-refractivity contribution in [1.82, 2.24) is 0 Å². The Kier molecular flexibility index (Phi) is 4.51. The molecule has 0 heterocycles. The molecule has 1 aromatic rings. The van der Waals surface area contributed by atoms with Crippen LogP contribution in [0.3, 0.4) is 0 Å². The minimum Gasteiger partial charge on any atom is -0.364 e. The van der Waals surface area contributed by atoms with Crippen molar-refractivity contribution in [3.63, 3.8) is 0 Å². The lowest BCUT2D eigenvalue weighted by Crippen LogP contribution is -1.91. The fourth-order valence-electron chi connectivity index (χ4n) is 0.821. The summed E-state index contributed by atoms with van der Waals surface area (Å²) < 4.78 is 5.26. The summed E-state index contributed by atoms with van der Waals surface area (Å²) in [6, 6.07) is 10.0. The molecule has 1 rings (SSSR count). The van der Waals surface area contributed by atoms with Crippen molar-refractivity contribution >= 4 is 15.9 Å². The van der Waals surface area contributed by atoms with E-state index in [4.69, 9.17) is 4.74 Å². The van der Waals surface area contributed by atoms with Gasteiger partial charge in [0.05, 0.1) is 6.61 Å². The molecule has 0 fully saturated rings. The van der Waals surface area contributed by atoms with E-state index >= 15 is 0 Å². The quantitative estimate of drug-likeness (QED) is 0.567. The summed E-state index contributed by atoms with van der Waals surface area (Å²) in [6.45, 7) is 1.10. The molecule has 0 spiro atoms. The molecule has 0 saturated carbocycles. The van der Waals surface area contributed by atoms with E-state index in [0.717, 1.165) is 0 Å². The van der Waals surface area contributed by atoms with Gasteiger partial charge in [-0.15, -0.1) is 0 Å². The van der Waals surface area contributed by atoms with Crippen molar-refractivity contribution in [1.29, 1.82) is 0 Å². The molecule has 12 heavy (non-hydrogen) atoms. The van der Waals surface area contributed by atoms with E-state index < -0.39 is 0 Å². The maximum absolute atomic E-state index is 5.26. The molecule has 0 amide bonds. The van der Waals surface area contributed by atoms with Crippen LogP contribution in [0.4, 0.5) is 0 Å². The Labute approximate surface area is 80.9 Å². The second-order valence-corrected chi connectivity index (χ2v) is 2.65. The van der Waals surface area contributed by atoms with Gasteiger partial charge in [-0.05, 0) is 10.4 Å². The van der Waals surface area contributed by atoms with E-state index in [1.54, 1.807) is 0 Å². The van der Waals surface area contributed by atoms with Crippen molar-refractivity contribution in [2.75, 3.05) is 6.61 Å². The van der Waals surface area contributed by atoms with Crippen LogP contribution in [0.25, 0.3) is 0 Å². The lowest BCUT2D eigenvalue weighted by molar-refractivity contribution is 0.153. The highest BCUT2D eigenvalue weighted by Gasteiger charge is 1.88. The van der Waals surface area contributed by atoms with E-state index in [2.05, 4.69) is 26.7 Å². The highest BCUT2D eigenvalue weighted by Crippen LogP contribution is 1.99. The lowest BCUT2D eigenvalue weighted by atomic mass is 10.2. The van der Waals surface area contributed by atoms with Gasteiger partial charge in [0.1, 0.15) is 6.61 Å². The van der Waals surface area contributed by atoms with Gasteiger partial charge in [-0.1, -0.05) is 36.3 Å². The van der Waals surface area contributed by atoms with Gasteiger partial charge < -0.3 is 4.74 Å². The van der Waals surface area contributed by atoms with Gasteiger partial charge in [-0.25, -0.2) is 0 Å². The summed E-state index contributed by atoms with van der Waals surface area (Å²) >= 11 is 2.99. The molecule has 0 aliphatic heterocycles. The largest absolute Gasteiger partial charge is 0.364 e. The van der Waals surface area contributed by atoms with E-state index in [-0.39, 0.29) is 0 Å². The lowest BCUT2D eigenvalue weighted by Gasteiger charge is -1.98. The first-order valence-electron chi connectivity index (χ1n) is 3.63. The van der Waals surface area contributed by atoms with Crippen LogP contribution in [0.15, 0.2) is 30.3 Å². The summed E-state index contributed by atoms with van der Waals surface area (Å²) in [7, 11) is 0. The second-order valence-electron chi connectivity index (χ2n) is 2.25. The molecule has 1 nitrogen and oxygen atoms in total. The van der Waals surface area contributed by atoms with Gasteiger partial charge in [0.15, 0.2) is 0 Å². The molecule has 0 saturated heterocycles. The average Bonchev–Trinajstić information content (AvgIpc) is 2.14. The monoisotopic (exact) mass is 224 g/mol. The number of hydrogen-bond acceptors (Lipinski definition) is 1. The predicted molar refractivity (Wildman–Crippen MR) is 52.8 cm³/mol. The molecular formula is C10H9BrO. The minimum absolute atomic E-state index is 0.472. The number of ether oxygens (including phenoxy) is 1. The first-order valence-corrected chi connectivity index (χ1v) is 4.43. The molecule has 0 aliphatic rings. The number of benzene rings is 1. The number of hydrogen-bond donors (Lipinski definition) is 0. The zero-order valence-corrected chi connectivity index (χ0v) is 8.17. The minimum atomic E-state index is 0.472. The maximum atomic E-state index is 5.26. The second kappa shape index (κ2) is 5.82. The SMILES string of the molecule is BrC#CCOCc1ccccc1. The molecule has 1 aromatic carbocycles. The number of halogens is 1. The molecule has 62 valence electrons. The fraction of sp³-hybridized carbons (Fsp3) is 0.200. The fourth-order valence-corrected chi connectivity index (χ4v) is 0.936. The van der Waals surface area contributed by atoms with Gasteiger partial charge >= 0.3 is 0 Å². The normalized spacial score (nSPS) is 8.75. The third kappa shape index (κ3) is 3.56. The first kappa shape index (κ1) is 9.31. The molecule has 0 radical (unpaired) electrons. The Balaban J connectivity index is 2.27. The van der Waals surface area contributed by atoms with Gasteiger partial charge in [-0.2, -0.15) is 0 Å². The highest BCUT2D eigenvalue weighted by molar-refractivity contribution is 9.12. The van der Waals surface area contributed by atoms with Crippen LogP contribution in [0.2, 0.25) is 0 Å². The van der Waals surface area contributed by atoms with Gasteiger partial charge in [-0.3, -0.25) is 0 Å². The maximum Gasteiger partial charge on any atom is 0.109 e. The van der Waals surface area contributed by atoms with Crippen LogP contribution in [-0.4, -0.2) is 6.61 Å². The Bertz CT molecular complexity index is 271. The summed E-state index contributed by atoms with van der Waals surface area (Å²) in [5.74, 6) is 2.76. The van der Waals surface area contributed by atoms with E-state index in [0.29, 0.717) is 13.2 Å². The van der Waals surface area contributed by atoms with Gasteiger partial charge in [0.2, 0.25) is 0 Å². The third-order valence-corrected chi connectivity index (χ3v) is 1.63. The summed E-state index contributed by atoms with van der Waals surface area (Å²) in [4.78, 5) is 2.59. The molecule has 0 aromatic heterocycles. The van der Waals surface area contributed by atoms with Gasteiger partial charge in [0, 0.05) is 15.9 Å². The van der Waals surface area contributed by atoms with Crippen LogP contribution >= 0.6 is 15.9 Å². The molecule has 0 unspecified atom stereocenters. The van der Waals surface area contributed by atoms with Crippen molar-refractivity contribution < 1.29 is 4.74 Å². The molecular weight excluding hydrogens is 216 g/mol. The summed E-state index contributed by atoms with van der Waals surface area (Å²) in [6.07, 6.45) is 0. The van der Waals surface area contributed by atoms with Crippen LogP contribution < -0.4 is 0 Å². The topological polar surface area (TPSA) is 9.23 Å². The zero-order chi connectivity index (χ0) is 8.65. The van der Waals surface area contributed by atoms with Crippen molar-refractivity contribution in [3.8, 4) is 10.8 Å². The summed E-state index contributed by atoms with van der Waals surface area (Å²) in [5.41, 5.74) is 1.17. The molecule has 0 aliphatic carbocycles. The smallest absolute Gasteiger partial charge is 0.109 e. The van der Waals surface area contributed by atoms with Gasteiger partial charge in [0.25, 0.3) is 0 Å². The standard InChI is InChI=1S/C10H9BrO/c11-7-4-8-12-9-10-5-2-1-3-6-10/h1-3,5-6H,8-9H2. The van der Waals surface area contributed by atoms with Crippen LogP contribution in [0, 0.1) is 10.8 Å². The Morgan fingerprint density at radius 1 is 1.25 bits per heavy atom. The average molecular weight is 225 g/mol. The molecule has 0 atom stereocenters. The Morgan fingerprint density at radius 3 is 2.67 bits per heavy atom. The Hall–Kier alpha value is -0.780. The van der Waals surface area contributed by atoms with Crippen LogP contribution in [-0.2, 0) is 11.3 Å². The summed E-state index contributed by atoms with van der Waals surface area (Å²) in [5, 5.41) is 0. The molecule has 0 bridgehead atoms. The van der Waals surface area contributed by atoms with Crippen LogP contribution in [0.1, 0.15) is 5.56 Å². The van der Waals surface area contributed by atoms with Crippen molar-refractivity contribution in [2.45, 2.75) is 6.61 Å². The predicted octanol–water partition coefficient (Wildman–Crippen LogP) is 2.56. The third-order valence-electron chi connectivity index (χ3n) is 1.35. The van der Waals surface area contributed by atoms with Crippen molar-refractivity contribution in [2.24, 2.45) is 0 Å². The van der Waals surface area contributed by atoms with Crippen LogP contribution in [0.5, 0.6) is 0 Å². The molecule has 0 N–H and O–H groups in total. The Morgan fingerprint density at radius 2 is 2.00 bits per heavy atom. The van der Waals surface area contributed by atoms with E-state index in [1.807, 2.05) is 30.3 Å². The molecule has 2 heteroatoms. The van der Waals surface area contributed by atoms with E-state index in [9.17, 15) is 0 Å². The van der Waals surface area contributed by atoms with Crippen molar-refractivity contribution in [3.05, 3.63) is 35.9 Å². The first-order chi connectivity index (χ1) is 5.93. The number of rotatable bonds is 3.